The molecule has 3 heterocycles. The van der Waals surface area contributed by atoms with Crippen LogP contribution < -0.4 is 10.6 Å². The zero-order valence-electron chi connectivity index (χ0n) is 24.0. The third-order valence-electron chi connectivity index (χ3n) is 8.77. The predicted molar refractivity (Wildman–Crippen MR) is 154 cm³/mol. The average Bonchev–Trinajstić information content (AvgIpc) is 3.57. The number of hydrogen-bond donors (Lipinski definition) is 3. The molecule has 1 aliphatic carbocycles. The maximum Gasteiger partial charge on any atom is 0.418 e. The Morgan fingerprint density at radius 2 is 1.86 bits per heavy atom. The Kier molecular flexibility index (Phi) is 7.99. The zero-order valence-corrected chi connectivity index (χ0v) is 24.0. The number of aromatic nitrogens is 2. The van der Waals surface area contributed by atoms with Crippen molar-refractivity contribution < 1.29 is 32.5 Å². The highest BCUT2D eigenvalue weighted by Crippen LogP contribution is 2.45. The number of aryl methyl sites for hydroxylation is 1. The Morgan fingerprint density at radius 3 is 2.58 bits per heavy atom. The third kappa shape index (κ3) is 5.90. The second-order valence-corrected chi connectivity index (χ2v) is 11.6. The summed E-state index contributed by atoms with van der Waals surface area (Å²) < 4.78 is 52.8. The van der Waals surface area contributed by atoms with E-state index in [1.54, 1.807) is 7.05 Å². The Bertz CT molecular complexity index is 1490. The Morgan fingerprint density at radius 1 is 1.12 bits per heavy atom. The number of hydrogen-bond acceptors (Lipinski definition) is 7. The predicted octanol–water partition coefficient (Wildman–Crippen LogP) is 4.54. The van der Waals surface area contributed by atoms with Gasteiger partial charge in [0.05, 0.1) is 23.6 Å². The third-order valence-corrected chi connectivity index (χ3v) is 8.77. The molecule has 43 heavy (non-hydrogen) atoms. The van der Waals surface area contributed by atoms with Crippen molar-refractivity contribution >= 4 is 22.6 Å². The van der Waals surface area contributed by atoms with E-state index < -0.39 is 12.3 Å². The number of fused-ring (bicyclic) bond motifs is 1. The monoisotopic (exact) mass is 599 g/mol. The van der Waals surface area contributed by atoms with Crippen LogP contribution in [0.15, 0.2) is 60.0 Å². The van der Waals surface area contributed by atoms with Gasteiger partial charge in [-0.2, -0.15) is 18.3 Å². The largest absolute Gasteiger partial charge is 0.458 e. The van der Waals surface area contributed by atoms with Gasteiger partial charge in [0.2, 0.25) is 12.7 Å². The van der Waals surface area contributed by atoms with Crippen molar-refractivity contribution in [3.63, 3.8) is 0 Å². The summed E-state index contributed by atoms with van der Waals surface area (Å²) in [5, 5.41) is 20.4. The van der Waals surface area contributed by atoms with Gasteiger partial charge in [0, 0.05) is 31.9 Å². The van der Waals surface area contributed by atoms with Crippen molar-refractivity contribution in [3.05, 3.63) is 71.2 Å². The molecular weight excluding hydrogens is 563 g/mol. The van der Waals surface area contributed by atoms with Crippen molar-refractivity contribution in [1.29, 1.82) is 0 Å². The molecule has 2 aliphatic heterocycles. The smallest absolute Gasteiger partial charge is 0.418 e. The molecule has 2 fully saturated rings. The molecule has 1 atom stereocenters. The number of aliphatic hydroxyl groups is 1. The number of carbonyl (C=O) groups is 1. The minimum Gasteiger partial charge on any atom is -0.458 e. The number of ether oxygens (including phenoxy) is 2. The summed E-state index contributed by atoms with van der Waals surface area (Å²) in [6, 6.07) is 14.1. The molecule has 1 amide bonds. The number of likely N-dealkylation sites (tertiary alicyclic amines) is 1. The van der Waals surface area contributed by atoms with Crippen LogP contribution in [0.1, 0.15) is 49.3 Å². The van der Waals surface area contributed by atoms with E-state index >= 15 is 0 Å². The van der Waals surface area contributed by atoms with E-state index in [-0.39, 0.29) is 42.2 Å². The van der Waals surface area contributed by atoms with Gasteiger partial charge >= 0.3 is 6.18 Å². The number of nitrogens with zero attached hydrogens (tertiary/aromatic N) is 3. The maximum absolute atomic E-state index is 13.1. The topological polar surface area (TPSA) is 101 Å². The van der Waals surface area contributed by atoms with Gasteiger partial charge in [0.15, 0.2) is 17.7 Å². The van der Waals surface area contributed by atoms with E-state index in [9.17, 15) is 23.1 Å². The molecule has 3 N–H and O–H groups in total. The second-order valence-electron chi connectivity index (χ2n) is 11.6. The molecule has 3 aromatic rings. The van der Waals surface area contributed by atoms with E-state index in [2.05, 4.69) is 32.8 Å². The number of amides is 1. The van der Waals surface area contributed by atoms with Gasteiger partial charge in [-0.05, 0) is 36.1 Å². The Hall–Kier alpha value is -3.77. The number of benzene rings is 2. The lowest BCUT2D eigenvalue weighted by atomic mass is 9.76. The standard InChI is InChI=1S/C31H36F3N5O4/c1-38-24-11-10-21(27(41)31(32,33)34)15-23(24)29(37-38)35-16-26(40)36-22-17-39(18-22)30(12-6-3-7-13-30)28-25(42-19-43-28)14-20-8-4-2-5-9-20/h2,4-5,8-11,15,22,27,41H,3,6-7,12-14,16-19H2,1H3,(H,35,37)(H,36,40). The van der Waals surface area contributed by atoms with Crippen LogP contribution in [0, 0.1) is 0 Å². The van der Waals surface area contributed by atoms with Crippen LogP contribution in [0.25, 0.3) is 10.9 Å². The van der Waals surface area contributed by atoms with E-state index in [0.29, 0.717) is 30.4 Å². The number of halogens is 3. The SMILES string of the molecule is Cn1nc(NCC(=O)NC2CN(C3(C4=C(Cc5ccccc5)OCO4)CCCCC3)C2)c2cc(C(O)C(F)(F)F)ccc21. The summed E-state index contributed by atoms with van der Waals surface area (Å²) in [5.41, 5.74) is 1.21. The molecule has 0 spiro atoms. The van der Waals surface area contributed by atoms with Crippen LogP contribution in [-0.4, -0.2) is 69.9 Å². The van der Waals surface area contributed by atoms with Crippen LogP contribution in [0.3, 0.4) is 0 Å². The van der Waals surface area contributed by atoms with Crippen molar-refractivity contribution in [2.75, 3.05) is 31.7 Å². The lowest BCUT2D eigenvalue weighted by Gasteiger charge is -2.53. The van der Waals surface area contributed by atoms with Crippen molar-refractivity contribution in [3.8, 4) is 0 Å². The number of anilines is 1. The van der Waals surface area contributed by atoms with Crippen LogP contribution in [0.5, 0.6) is 0 Å². The van der Waals surface area contributed by atoms with Crippen molar-refractivity contribution in [2.45, 2.75) is 62.4 Å². The minimum absolute atomic E-state index is 0.0393. The molecule has 230 valence electrons. The van der Waals surface area contributed by atoms with Crippen LogP contribution in [0.2, 0.25) is 0 Å². The molecule has 12 heteroatoms. The first-order valence-corrected chi connectivity index (χ1v) is 14.7. The molecule has 2 aromatic carbocycles. The number of allylic oxidation sites excluding steroid dienone is 1. The highest BCUT2D eigenvalue weighted by atomic mass is 19.4. The minimum atomic E-state index is -4.78. The molecule has 1 saturated heterocycles. The summed E-state index contributed by atoms with van der Waals surface area (Å²) in [6.45, 7) is 1.49. The van der Waals surface area contributed by atoms with Gasteiger partial charge in [-0.15, -0.1) is 0 Å². The molecule has 6 rings (SSSR count). The highest BCUT2D eigenvalue weighted by Gasteiger charge is 2.50. The summed E-state index contributed by atoms with van der Waals surface area (Å²) in [5.74, 6) is 1.85. The molecule has 1 aromatic heterocycles. The number of nitrogens with one attached hydrogen (secondary N) is 2. The average molecular weight is 600 g/mol. The number of rotatable bonds is 9. The number of aliphatic hydroxyl groups excluding tert-OH is 1. The quantitative estimate of drug-likeness (QED) is 0.332. The lowest BCUT2D eigenvalue weighted by Crippen LogP contribution is -2.68. The van der Waals surface area contributed by atoms with Gasteiger partial charge < -0.3 is 25.2 Å². The molecule has 9 nitrogen and oxygen atoms in total. The van der Waals surface area contributed by atoms with Crippen LogP contribution in [-0.2, 0) is 27.7 Å². The Balaban J connectivity index is 1.09. The second kappa shape index (κ2) is 11.7. The summed E-state index contributed by atoms with van der Waals surface area (Å²) in [4.78, 5) is 15.3. The van der Waals surface area contributed by atoms with Gasteiger partial charge in [-0.1, -0.05) is 55.7 Å². The summed E-state index contributed by atoms with van der Waals surface area (Å²) in [6.07, 6.45) is -1.38. The molecule has 0 bridgehead atoms. The lowest BCUT2D eigenvalue weighted by molar-refractivity contribution is -0.206. The molecule has 1 unspecified atom stereocenters. The van der Waals surface area contributed by atoms with Gasteiger partial charge in [0.1, 0.15) is 5.76 Å². The fraction of sp³-hybridized carbons (Fsp3) is 0.484. The van der Waals surface area contributed by atoms with E-state index in [1.165, 1.54) is 34.9 Å². The Labute approximate surface area is 247 Å². The molecule has 1 saturated carbocycles. The molecule has 3 aliphatic rings. The maximum atomic E-state index is 13.1. The first-order chi connectivity index (χ1) is 20.6. The van der Waals surface area contributed by atoms with E-state index in [0.717, 1.165) is 37.2 Å². The first kappa shape index (κ1) is 29.3. The highest BCUT2D eigenvalue weighted by molar-refractivity contribution is 5.92. The summed E-state index contributed by atoms with van der Waals surface area (Å²) in [7, 11) is 1.66. The zero-order chi connectivity index (χ0) is 30.2. The first-order valence-electron chi connectivity index (χ1n) is 14.7. The number of alkyl halides is 3. The van der Waals surface area contributed by atoms with Crippen molar-refractivity contribution in [2.24, 2.45) is 7.05 Å². The van der Waals surface area contributed by atoms with E-state index in [4.69, 9.17) is 9.47 Å². The van der Waals surface area contributed by atoms with Gasteiger partial charge in [-0.3, -0.25) is 14.4 Å². The fourth-order valence-electron chi connectivity index (χ4n) is 6.57. The van der Waals surface area contributed by atoms with Gasteiger partial charge in [0.25, 0.3) is 0 Å². The number of carbonyl (C=O) groups excluding carboxylic acids is 1. The van der Waals surface area contributed by atoms with Crippen LogP contribution in [0.4, 0.5) is 19.0 Å². The molecular formula is C31H36F3N5O4. The summed E-state index contributed by atoms with van der Waals surface area (Å²) >= 11 is 0. The fourth-order valence-corrected chi connectivity index (χ4v) is 6.57. The van der Waals surface area contributed by atoms with Crippen LogP contribution >= 0.6 is 0 Å². The van der Waals surface area contributed by atoms with E-state index in [1.807, 2.05) is 18.2 Å². The van der Waals surface area contributed by atoms with Crippen molar-refractivity contribution in [1.82, 2.24) is 20.0 Å². The normalized spacial score (nSPS) is 19.9. The molecule has 0 radical (unpaired) electrons. The van der Waals surface area contributed by atoms with Gasteiger partial charge in [-0.25, -0.2) is 0 Å².